The molecule has 2 N–H and O–H groups in total. The van der Waals surface area contributed by atoms with Gasteiger partial charge in [-0.05, 0) is 18.9 Å². The van der Waals surface area contributed by atoms with Gasteiger partial charge in [0.1, 0.15) is 10.6 Å². The molecule has 1 heterocycles. The van der Waals surface area contributed by atoms with Gasteiger partial charge in [-0.3, -0.25) is 0 Å². The fourth-order valence-corrected chi connectivity index (χ4v) is 4.46. The molecule has 1 saturated carbocycles. The fraction of sp³-hybridized carbons (Fsp3) is 0.615. The van der Waals surface area contributed by atoms with E-state index in [1.807, 2.05) is 6.92 Å². The summed E-state index contributed by atoms with van der Waals surface area (Å²) in [4.78, 5) is 13.4. The van der Waals surface area contributed by atoms with Crippen molar-refractivity contribution in [3.05, 3.63) is 18.0 Å². The van der Waals surface area contributed by atoms with Crippen LogP contribution in [0.25, 0.3) is 0 Å². The highest BCUT2D eigenvalue weighted by atomic mass is 32.2. The first-order chi connectivity index (χ1) is 9.46. The van der Waals surface area contributed by atoms with Gasteiger partial charge in [0, 0.05) is 18.8 Å². The average Bonchev–Trinajstić information content (AvgIpc) is 2.91. The molecule has 2 rings (SSSR count). The summed E-state index contributed by atoms with van der Waals surface area (Å²) in [6, 6.07) is 1.21. The van der Waals surface area contributed by atoms with Crippen molar-refractivity contribution in [1.82, 2.24) is 9.29 Å². The molecule has 6 nitrogen and oxygen atoms in total. The molecule has 0 spiro atoms. The molecule has 1 aromatic rings. The van der Waals surface area contributed by atoms with E-state index < -0.39 is 16.0 Å². The lowest BCUT2D eigenvalue weighted by atomic mass is 9.95. The zero-order chi connectivity index (χ0) is 14.8. The number of aromatic amines is 1. The second kappa shape index (κ2) is 5.97. The van der Waals surface area contributed by atoms with E-state index in [4.69, 9.17) is 5.11 Å². The lowest BCUT2D eigenvalue weighted by molar-refractivity contribution is 0.0691. The number of sulfonamides is 1. The van der Waals surface area contributed by atoms with E-state index in [0.29, 0.717) is 6.54 Å². The zero-order valence-electron chi connectivity index (χ0n) is 11.5. The molecule has 20 heavy (non-hydrogen) atoms. The van der Waals surface area contributed by atoms with Gasteiger partial charge in [0.2, 0.25) is 10.0 Å². The largest absolute Gasteiger partial charge is 0.477 e. The summed E-state index contributed by atoms with van der Waals surface area (Å²) in [6.45, 7) is 2.22. The first-order valence-corrected chi connectivity index (χ1v) is 8.34. The topological polar surface area (TPSA) is 90.5 Å². The second-order valence-corrected chi connectivity index (χ2v) is 6.94. The smallest absolute Gasteiger partial charge is 0.352 e. The van der Waals surface area contributed by atoms with E-state index in [2.05, 4.69) is 4.98 Å². The van der Waals surface area contributed by atoms with Gasteiger partial charge >= 0.3 is 5.97 Å². The molecular formula is C13H20N2O4S. The van der Waals surface area contributed by atoms with Crippen LogP contribution in [0.3, 0.4) is 0 Å². The number of nitrogens with one attached hydrogen (secondary N) is 1. The molecule has 7 heteroatoms. The Bertz CT molecular complexity index is 573. The fourth-order valence-electron chi connectivity index (χ4n) is 2.78. The molecule has 1 aliphatic carbocycles. The van der Waals surface area contributed by atoms with Crippen molar-refractivity contribution >= 4 is 16.0 Å². The van der Waals surface area contributed by atoms with E-state index in [0.717, 1.165) is 32.1 Å². The van der Waals surface area contributed by atoms with E-state index in [9.17, 15) is 13.2 Å². The number of carboxylic acids is 1. The molecule has 1 aliphatic rings. The Kier molecular flexibility index (Phi) is 4.49. The lowest BCUT2D eigenvalue weighted by Crippen LogP contribution is -2.41. The van der Waals surface area contributed by atoms with Crippen molar-refractivity contribution in [1.29, 1.82) is 0 Å². The number of carboxylic acid groups (broad SMARTS) is 1. The first-order valence-electron chi connectivity index (χ1n) is 6.90. The number of hydrogen-bond donors (Lipinski definition) is 2. The van der Waals surface area contributed by atoms with Crippen molar-refractivity contribution in [2.75, 3.05) is 6.54 Å². The van der Waals surface area contributed by atoms with Crippen molar-refractivity contribution in [3.8, 4) is 0 Å². The van der Waals surface area contributed by atoms with Crippen molar-refractivity contribution in [2.45, 2.75) is 50.0 Å². The second-order valence-electron chi connectivity index (χ2n) is 5.05. The van der Waals surface area contributed by atoms with Gasteiger partial charge < -0.3 is 10.1 Å². The highest BCUT2D eigenvalue weighted by Crippen LogP contribution is 2.27. The number of aromatic carboxylic acids is 1. The minimum absolute atomic E-state index is 0.0296. The van der Waals surface area contributed by atoms with Crippen LogP contribution in [-0.2, 0) is 10.0 Å². The molecule has 0 aliphatic heterocycles. The molecule has 112 valence electrons. The highest BCUT2D eigenvalue weighted by Gasteiger charge is 2.32. The first kappa shape index (κ1) is 15.1. The van der Waals surface area contributed by atoms with Crippen LogP contribution in [-0.4, -0.2) is 41.4 Å². The van der Waals surface area contributed by atoms with E-state index in [1.165, 1.54) is 16.6 Å². The van der Waals surface area contributed by atoms with E-state index in [-0.39, 0.29) is 16.6 Å². The third-order valence-corrected chi connectivity index (χ3v) is 5.79. The Balaban J connectivity index is 2.28. The maximum Gasteiger partial charge on any atom is 0.352 e. The van der Waals surface area contributed by atoms with Crippen molar-refractivity contribution < 1.29 is 18.3 Å². The van der Waals surface area contributed by atoms with Crippen LogP contribution >= 0.6 is 0 Å². The quantitative estimate of drug-likeness (QED) is 0.870. The monoisotopic (exact) mass is 300 g/mol. The van der Waals surface area contributed by atoms with Crippen molar-refractivity contribution in [2.24, 2.45) is 0 Å². The van der Waals surface area contributed by atoms with Crippen LogP contribution < -0.4 is 0 Å². The normalized spacial score (nSPS) is 17.5. The van der Waals surface area contributed by atoms with Crippen molar-refractivity contribution in [3.63, 3.8) is 0 Å². The highest BCUT2D eigenvalue weighted by molar-refractivity contribution is 7.89. The number of carbonyl (C=O) groups is 1. The standard InChI is InChI=1S/C13H20N2O4S/c1-2-15(10-6-4-3-5-7-10)20(18,19)11-8-12(13(16)17)14-9-11/h8-10,14H,2-7H2,1H3,(H,16,17). The molecule has 0 aromatic carbocycles. The van der Waals surface area contributed by atoms with Gasteiger partial charge in [-0.15, -0.1) is 0 Å². The lowest BCUT2D eigenvalue weighted by Gasteiger charge is -2.32. The number of H-pyrrole nitrogens is 1. The summed E-state index contributed by atoms with van der Waals surface area (Å²) in [5.41, 5.74) is -0.108. The molecule has 0 unspecified atom stereocenters. The minimum Gasteiger partial charge on any atom is -0.477 e. The molecule has 0 atom stereocenters. The summed E-state index contributed by atoms with van der Waals surface area (Å²) in [5.74, 6) is -1.16. The van der Waals surface area contributed by atoms with Gasteiger partial charge in [-0.2, -0.15) is 4.31 Å². The van der Waals surface area contributed by atoms with Crippen LogP contribution in [0.1, 0.15) is 49.5 Å². The van der Waals surface area contributed by atoms with Crippen LogP contribution in [0.5, 0.6) is 0 Å². The number of hydrogen-bond acceptors (Lipinski definition) is 3. The predicted octanol–water partition coefficient (Wildman–Crippen LogP) is 2.06. The Hall–Kier alpha value is -1.34. The molecule has 0 radical (unpaired) electrons. The predicted molar refractivity (Wildman–Crippen MR) is 74.2 cm³/mol. The molecule has 1 fully saturated rings. The van der Waals surface area contributed by atoms with Gasteiger partial charge in [0.05, 0.1) is 0 Å². The molecule has 0 saturated heterocycles. The third kappa shape index (κ3) is 2.88. The molecule has 0 amide bonds. The summed E-state index contributed by atoms with van der Waals surface area (Å²) >= 11 is 0. The summed E-state index contributed by atoms with van der Waals surface area (Å²) < 4.78 is 26.7. The summed E-state index contributed by atoms with van der Waals surface area (Å²) in [6.07, 6.45) is 6.26. The van der Waals surface area contributed by atoms with Crippen LogP contribution in [0.2, 0.25) is 0 Å². The Morgan fingerprint density at radius 2 is 2.05 bits per heavy atom. The number of aromatic nitrogens is 1. The zero-order valence-corrected chi connectivity index (χ0v) is 12.3. The van der Waals surface area contributed by atoms with Crippen LogP contribution in [0, 0.1) is 0 Å². The SMILES string of the molecule is CCN(C1CCCCC1)S(=O)(=O)c1c[nH]c(C(=O)O)c1. The van der Waals surface area contributed by atoms with Gasteiger partial charge in [0.25, 0.3) is 0 Å². The number of nitrogens with zero attached hydrogens (tertiary/aromatic N) is 1. The van der Waals surface area contributed by atoms with Crippen LogP contribution in [0.15, 0.2) is 17.2 Å². The molecular weight excluding hydrogens is 280 g/mol. The Morgan fingerprint density at radius 1 is 1.40 bits per heavy atom. The minimum atomic E-state index is -3.62. The maximum atomic E-state index is 12.6. The van der Waals surface area contributed by atoms with Gasteiger partial charge in [-0.25, -0.2) is 13.2 Å². The number of rotatable bonds is 5. The summed E-state index contributed by atoms with van der Waals surface area (Å²) in [5, 5.41) is 8.87. The Morgan fingerprint density at radius 3 is 2.55 bits per heavy atom. The van der Waals surface area contributed by atoms with Gasteiger partial charge in [-0.1, -0.05) is 26.2 Å². The molecule has 1 aromatic heterocycles. The maximum absolute atomic E-state index is 12.6. The summed E-state index contributed by atoms with van der Waals surface area (Å²) in [7, 11) is -3.62. The van der Waals surface area contributed by atoms with E-state index in [1.54, 1.807) is 0 Å². The van der Waals surface area contributed by atoms with Crippen LogP contribution in [0.4, 0.5) is 0 Å². The third-order valence-electron chi connectivity index (χ3n) is 3.79. The van der Waals surface area contributed by atoms with E-state index >= 15 is 0 Å². The molecule has 0 bridgehead atoms. The average molecular weight is 300 g/mol. The van der Waals surface area contributed by atoms with Gasteiger partial charge in [0.15, 0.2) is 0 Å². The Labute approximate surface area is 118 Å².